The number of halogens is 3. The van der Waals surface area contributed by atoms with E-state index in [1.165, 1.54) is 23.6 Å². The maximum atomic E-state index is 13.0. The summed E-state index contributed by atoms with van der Waals surface area (Å²) in [5.74, 6) is 0. The van der Waals surface area contributed by atoms with Crippen molar-refractivity contribution >= 4 is 0 Å². The van der Waals surface area contributed by atoms with E-state index in [1.54, 1.807) is 6.92 Å². The minimum absolute atomic E-state index is 0.126. The van der Waals surface area contributed by atoms with Gasteiger partial charge in [0, 0.05) is 0 Å². The highest BCUT2D eigenvalue weighted by atomic mass is 19.4. The van der Waals surface area contributed by atoms with Crippen molar-refractivity contribution in [3.8, 4) is 0 Å². The molecule has 0 aliphatic carbocycles. The molecule has 0 fully saturated rings. The molecule has 0 saturated heterocycles. The van der Waals surface area contributed by atoms with Crippen molar-refractivity contribution in [2.45, 2.75) is 73.4 Å². The molecule has 1 unspecified atom stereocenters. The zero-order chi connectivity index (χ0) is 22.2. The van der Waals surface area contributed by atoms with Crippen LogP contribution in [0.1, 0.15) is 61.4 Å². The van der Waals surface area contributed by atoms with Crippen molar-refractivity contribution in [2.75, 3.05) is 0 Å². The molecule has 0 aliphatic rings. The molecule has 0 aliphatic heterocycles. The summed E-state index contributed by atoms with van der Waals surface area (Å²) in [6, 6.07) is 14.4. The highest BCUT2D eigenvalue weighted by Crippen LogP contribution is 2.44. The van der Waals surface area contributed by atoms with E-state index in [0.29, 0.717) is 6.42 Å². The number of rotatable bonds is 6. The van der Waals surface area contributed by atoms with Gasteiger partial charge >= 0.3 is 6.18 Å². The van der Waals surface area contributed by atoms with Gasteiger partial charge in [0.25, 0.3) is 0 Å². The van der Waals surface area contributed by atoms with Gasteiger partial charge in [-0.1, -0.05) is 74.0 Å². The van der Waals surface area contributed by atoms with Gasteiger partial charge in [-0.2, -0.15) is 13.2 Å². The first kappa shape index (κ1) is 25.0. The number of allylic oxidation sites excluding steroid dienone is 1. The van der Waals surface area contributed by atoms with Crippen LogP contribution in [0.25, 0.3) is 0 Å². The Hall–Kier alpha value is -2.03. The molecule has 29 heavy (non-hydrogen) atoms. The minimum atomic E-state index is -4.12. The van der Waals surface area contributed by atoms with Gasteiger partial charge in [0.2, 0.25) is 0 Å². The molecule has 2 aromatic carbocycles. The SMILES string of the molecule is C=C(C)Cc1ccccc1C.CCC(C)(CCc1ccc(C)cc1C)C(F)(F)F. The van der Waals surface area contributed by atoms with Crippen LogP contribution in [-0.4, -0.2) is 6.18 Å². The molecule has 160 valence electrons. The molecule has 2 aromatic rings. The van der Waals surface area contributed by atoms with Crippen LogP contribution in [0.15, 0.2) is 54.6 Å². The van der Waals surface area contributed by atoms with Crippen LogP contribution in [0.5, 0.6) is 0 Å². The fraction of sp³-hybridized carbons (Fsp3) is 0.462. The van der Waals surface area contributed by atoms with Crippen LogP contribution >= 0.6 is 0 Å². The van der Waals surface area contributed by atoms with E-state index in [9.17, 15) is 13.2 Å². The monoisotopic (exact) mass is 404 g/mol. The van der Waals surface area contributed by atoms with Crippen molar-refractivity contribution < 1.29 is 13.2 Å². The molecule has 0 radical (unpaired) electrons. The summed E-state index contributed by atoms with van der Waals surface area (Å²) in [7, 11) is 0. The van der Waals surface area contributed by atoms with Gasteiger partial charge in [-0.05, 0) is 75.6 Å². The summed E-state index contributed by atoms with van der Waals surface area (Å²) < 4.78 is 38.9. The van der Waals surface area contributed by atoms with Gasteiger partial charge in [-0.15, -0.1) is 0 Å². The normalized spacial score (nSPS) is 13.3. The van der Waals surface area contributed by atoms with Crippen molar-refractivity contribution in [1.29, 1.82) is 0 Å². The van der Waals surface area contributed by atoms with E-state index < -0.39 is 11.6 Å². The van der Waals surface area contributed by atoms with E-state index >= 15 is 0 Å². The average molecular weight is 405 g/mol. The van der Waals surface area contributed by atoms with Gasteiger partial charge in [0.15, 0.2) is 0 Å². The summed E-state index contributed by atoms with van der Waals surface area (Å²) >= 11 is 0. The second-order valence-corrected chi connectivity index (χ2v) is 8.40. The van der Waals surface area contributed by atoms with Crippen molar-refractivity contribution in [2.24, 2.45) is 5.41 Å². The molecule has 0 nitrogen and oxygen atoms in total. The Morgan fingerprint density at radius 2 is 1.55 bits per heavy atom. The lowest BCUT2D eigenvalue weighted by atomic mass is 9.80. The summed E-state index contributed by atoms with van der Waals surface area (Å²) in [5.41, 5.74) is 5.63. The number of benzene rings is 2. The lowest BCUT2D eigenvalue weighted by Gasteiger charge is -2.31. The third kappa shape index (κ3) is 7.72. The Balaban J connectivity index is 0.000000326. The average Bonchev–Trinajstić information content (AvgIpc) is 2.62. The lowest BCUT2D eigenvalue weighted by Crippen LogP contribution is -2.35. The molecule has 0 aromatic heterocycles. The lowest BCUT2D eigenvalue weighted by molar-refractivity contribution is -0.221. The van der Waals surface area contributed by atoms with E-state index in [0.717, 1.165) is 23.1 Å². The third-order valence-corrected chi connectivity index (χ3v) is 5.66. The first-order valence-corrected chi connectivity index (χ1v) is 10.2. The van der Waals surface area contributed by atoms with Gasteiger partial charge in [-0.3, -0.25) is 0 Å². The molecular formula is C26H35F3. The molecule has 0 heterocycles. The van der Waals surface area contributed by atoms with Crippen LogP contribution < -0.4 is 0 Å². The predicted molar refractivity (Wildman–Crippen MR) is 118 cm³/mol. The Morgan fingerprint density at radius 1 is 0.931 bits per heavy atom. The largest absolute Gasteiger partial charge is 0.394 e. The summed E-state index contributed by atoms with van der Waals surface area (Å²) in [4.78, 5) is 0. The second kappa shape index (κ2) is 10.7. The first-order valence-electron chi connectivity index (χ1n) is 10.2. The number of hydrogen-bond donors (Lipinski definition) is 0. The second-order valence-electron chi connectivity index (χ2n) is 8.40. The third-order valence-electron chi connectivity index (χ3n) is 5.66. The van der Waals surface area contributed by atoms with Gasteiger partial charge in [0.1, 0.15) is 0 Å². The Kier molecular flexibility index (Phi) is 9.19. The highest BCUT2D eigenvalue weighted by Gasteiger charge is 2.48. The predicted octanol–water partition coefficient (Wildman–Crippen LogP) is 8.33. The van der Waals surface area contributed by atoms with Crippen LogP contribution in [-0.2, 0) is 12.8 Å². The van der Waals surface area contributed by atoms with Gasteiger partial charge in [-0.25, -0.2) is 0 Å². The first-order chi connectivity index (χ1) is 13.4. The standard InChI is InChI=1S/C15H21F3.C11H14/c1-5-14(4,15(16,17)18)9-8-13-7-6-11(2)10-12(13)3;1-9(2)8-11-7-5-4-6-10(11)3/h6-7,10H,5,8-9H2,1-4H3;4-7H,1,8H2,2-3H3. The topological polar surface area (TPSA) is 0 Å². The number of aryl methyl sites for hydroxylation is 4. The fourth-order valence-electron chi connectivity index (χ4n) is 3.19. The smallest absolute Gasteiger partial charge is 0.171 e. The Morgan fingerprint density at radius 3 is 2.03 bits per heavy atom. The highest BCUT2D eigenvalue weighted by molar-refractivity contribution is 5.30. The Labute approximate surface area is 174 Å². The van der Waals surface area contributed by atoms with Crippen LogP contribution in [0.4, 0.5) is 13.2 Å². The summed E-state index contributed by atoms with van der Waals surface area (Å²) in [6.45, 7) is 15.0. The van der Waals surface area contributed by atoms with Crippen LogP contribution in [0, 0.1) is 26.2 Å². The van der Waals surface area contributed by atoms with E-state index in [-0.39, 0.29) is 12.8 Å². The molecule has 0 bridgehead atoms. The molecule has 1 atom stereocenters. The van der Waals surface area contributed by atoms with Crippen molar-refractivity contribution in [3.05, 3.63) is 82.4 Å². The van der Waals surface area contributed by atoms with Crippen LogP contribution in [0.2, 0.25) is 0 Å². The van der Waals surface area contributed by atoms with Crippen LogP contribution in [0.3, 0.4) is 0 Å². The minimum Gasteiger partial charge on any atom is -0.171 e. The quantitative estimate of drug-likeness (QED) is 0.425. The molecular weight excluding hydrogens is 369 g/mol. The molecule has 0 amide bonds. The van der Waals surface area contributed by atoms with E-state index in [2.05, 4.69) is 44.7 Å². The molecule has 0 N–H and O–H groups in total. The van der Waals surface area contributed by atoms with E-state index in [1.807, 2.05) is 32.0 Å². The molecule has 0 saturated carbocycles. The molecule has 0 spiro atoms. The molecule has 2 rings (SSSR count). The maximum Gasteiger partial charge on any atom is 0.394 e. The molecule has 3 heteroatoms. The van der Waals surface area contributed by atoms with E-state index in [4.69, 9.17) is 0 Å². The number of hydrogen-bond acceptors (Lipinski definition) is 0. The fourth-order valence-corrected chi connectivity index (χ4v) is 3.19. The van der Waals surface area contributed by atoms with Crippen molar-refractivity contribution in [1.82, 2.24) is 0 Å². The Bertz CT molecular complexity index is 802. The zero-order valence-corrected chi connectivity index (χ0v) is 18.7. The summed E-state index contributed by atoms with van der Waals surface area (Å²) in [6.07, 6.45) is -2.36. The van der Waals surface area contributed by atoms with Crippen molar-refractivity contribution in [3.63, 3.8) is 0 Å². The number of alkyl halides is 3. The zero-order valence-electron chi connectivity index (χ0n) is 18.7. The summed E-state index contributed by atoms with van der Waals surface area (Å²) in [5, 5.41) is 0. The maximum absolute atomic E-state index is 13.0. The van der Waals surface area contributed by atoms with Gasteiger partial charge < -0.3 is 0 Å². The van der Waals surface area contributed by atoms with Gasteiger partial charge in [0.05, 0.1) is 5.41 Å².